The summed E-state index contributed by atoms with van der Waals surface area (Å²) in [5.74, 6) is 0.354. The van der Waals surface area contributed by atoms with Crippen LogP contribution in [0, 0.1) is 5.41 Å². The van der Waals surface area contributed by atoms with Crippen LogP contribution in [0.2, 0.25) is 0 Å². The topological polar surface area (TPSA) is 88.7 Å². The summed E-state index contributed by atoms with van der Waals surface area (Å²) >= 11 is 0. The van der Waals surface area contributed by atoms with Crippen molar-refractivity contribution in [1.29, 1.82) is 0 Å². The van der Waals surface area contributed by atoms with E-state index >= 15 is 0 Å². The predicted molar refractivity (Wildman–Crippen MR) is 95.9 cm³/mol. The van der Waals surface area contributed by atoms with Gasteiger partial charge in [-0.2, -0.15) is 0 Å². The van der Waals surface area contributed by atoms with Crippen LogP contribution in [0.4, 0.5) is 0 Å². The Morgan fingerprint density at radius 1 is 1.38 bits per heavy atom. The van der Waals surface area contributed by atoms with E-state index in [1.807, 2.05) is 12.1 Å². The van der Waals surface area contributed by atoms with Crippen LogP contribution in [0.3, 0.4) is 0 Å². The third-order valence-electron chi connectivity index (χ3n) is 4.78. The van der Waals surface area contributed by atoms with Crippen LogP contribution in [0.25, 0.3) is 0 Å². The second-order valence-corrected chi connectivity index (χ2v) is 6.44. The summed E-state index contributed by atoms with van der Waals surface area (Å²) in [6, 6.07) is 7.31. The summed E-state index contributed by atoms with van der Waals surface area (Å²) in [5, 5.41) is 6.70. The Bertz CT molecular complexity index is 582. The van der Waals surface area contributed by atoms with Gasteiger partial charge in [0.25, 0.3) is 0 Å². The molecule has 0 aromatic heterocycles. The summed E-state index contributed by atoms with van der Waals surface area (Å²) in [7, 11) is 3.51. The zero-order valence-electron chi connectivity index (χ0n) is 14.6. The third kappa shape index (κ3) is 4.96. The van der Waals surface area contributed by atoms with Crippen molar-refractivity contribution < 1.29 is 9.53 Å². The standard InChI is InChI=1S/C18H28N4O2/c1-20-17(22-13-18(7-4-8-18)9-10-24-2)21-12-14-5-3-6-15(11-14)16(19)23/h3,5-6,11H,4,7-10,12-13H2,1-2H3,(H2,19,23)(H2,20,21,22). The molecule has 0 radical (unpaired) electrons. The Morgan fingerprint density at radius 2 is 2.17 bits per heavy atom. The Morgan fingerprint density at radius 3 is 2.75 bits per heavy atom. The van der Waals surface area contributed by atoms with Crippen molar-refractivity contribution >= 4 is 11.9 Å². The molecule has 132 valence electrons. The molecule has 0 atom stereocenters. The zero-order valence-corrected chi connectivity index (χ0v) is 14.6. The molecule has 24 heavy (non-hydrogen) atoms. The maximum Gasteiger partial charge on any atom is 0.248 e. The molecule has 1 aromatic rings. The molecule has 0 aliphatic heterocycles. The van der Waals surface area contributed by atoms with Crippen LogP contribution in [-0.2, 0) is 11.3 Å². The second-order valence-electron chi connectivity index (χ2n) is 6.44. The van der Waals surface area contributed by atoms with E-state index in [0.29, 0.717) is 17.5 Å². The Labute approximate surface area is 143 Å². The van der Waals surface area contributed by atoms with Gasteiger partial charge in [-0.05, 0) is 42.4 Å². The summed E-state index contributed by atoms with van der Waals surface area (Å²) in [6.45, 7) is 2.29. The van der Waals surface area contributed by atoms with Crippen molar-refractivity contribution in [3.05, 3.63) is 35.4 Å². The largest absolute Gasteiger partial charge is 0.385 e. The van der Waals surface area contributed by atoms with Crippen molar-refractivity contribution in [1.82, 2.24) is 10.6 Å². The SMILES string of the molecule is CN=C(NCc1cccc(C(N)=O)c1)NCC1(CCOC)CCC1. The van der Waals surface area contributed by atoms with Crippen molar-refractivity contribution in [2.45, 2.75) is 32.2 Å². The lowest BCUT2D eigenvalue weighted by atomic mass is 9.67. The van der Waals surface area contributed by atoms with Crippen LogP contribution in [0.5, 0.6) is 0 Å². The van der Waals surface area contributed by atoms with Gasteiger partial charge in [0.2, 0.25) is 5.91 Å². The number of carbonyl (C=O) groups excluding carboxylic acids is 1. The van der Waals surface area contributed by atoms with Gasteiger partial charge >= 0.3 is 0 Å². The fourth-order valence-corrected chi connectivity index (χ4v) is 3.02. The minimum Gasteiger partial charge on any atom is -0.385 e. The highest BCUT2D eigenvalue weighted by Gasteiger charge is 2.36. The first kappa shape index (κ1) is 18.3. The lowest BCUT2D eigenvalue weighted by Crippen LogP contribution is -2.46. The van der Waals surface area contributed by atoms with E-state index in [1.54, 1.807) is 26.3 Å². The van der Waals surface area contributed by atoms with Gasteiger partial charge in [0.05, 0.1) is 0 Å². The fraction of sp³-hybridized carbons (Fsp3) is 0.556. The smallest absolute Gasteiger partial charge is 0.248 e. The summed E-state index contributed by atoms with van der Waals surface area (Å²) in [6.07, 6.45) is 4.84. The Hall–Kier alpha value is -2.08. The number of amides is 1. The van der Waals surface area contributed by atoms with Crippen LogP contribution in [-0.4, -0.2) is 39.2 Å². The molecule has 6 nitrogen and oxygen atoms in total. The number of ether oxygens (including phenoxy) is 1. The van der Waals surface area contributed by atoms with Gasteiger partial charge in [0.1, 0.15) is 0 Å². The first-order valence-corrected chi connectivity index (χ1v) is 8.41. The molecule has 1 fully saturated rings. The molecule has 6 heteroatoms. The molecule has 0 heterocycles. The van der Waals surface area contributed by atoms with Gasteiger partial charge in [-0.1, -0.05) is 18.6 Å². The lowest BCUT2D eigenvalue weighted by Gasteiger charge is -2.42. The fourth-order valence-electron chi connectivity index (χ4n) is 3.02. The molecule has 1 saturated carbocycles. The number of aliphatic imine (C=N–C) groups is 1. The molecule has 1 aliphatic carbocycles. The molecule has 1 aromatic carbocycles. The molecule has 1 amide bonds. The molecule has 0 spiro atoms. The minimum atomic E-state index is -0.413. The number of methoxy groups -OCH3 is 1. The molecule has 1 aliphatic rings. The Balaban J connectivity index is 1.84. The average molecular weight is 332 g/mol. The van der Waals surface area contributed by atoms with Gasteiger partial charge in [0.15, 0.2) is 5.96 Å². The number of nitrogens with one attached hydrogen (secondary N) is 2. The third-order valence-corrected chi connectivity index (χ3v) is 4.78. The maximum atomic E-state index is 11.2. The highest BCUT2D eigenvalue weighted by Crippen LogP contribution is 2.43. The van der Waals surface area contributed by atoms with Gasteiger partial charge in [-0.3, -0.25) is 9.79 Å². The summed E-state index contributed by atoms with van der Waals surface area (Å²) in [4.78, 5) is 15.5. The van der Waals surface area contributed by atoms with Gasteiger partial charge < -0.3 is 21.1 Å². The molecular weight excluding hydrogens is 304 g/mol. The molecule has 2 rings (SSSR count). The molecule has 0 unspecified atom stereocenters. The van der Waals surface area contributed by atoms with E-state index in [0.717, 1.165) is 31.1 Å². The molecular formula is C18H28N4O2. The second kappa shape index (κ2) is 8.68. The van der Waals surface area contributed by atoms with E-state index in [9.17, 15) is 4.79 Å². The number of nitrogens with two attached hydrogens (primary N) is 1. The predicted octanol–water partition coefficient (Wildman–Crippen LogP) is 1.66. The number of guanidine groups is 1. The average Bonchev–Trinajstić information content (AvgIpc) is 2.56. The normalized spacial score (nSPS) is 16.3. The van der Waals surface area contributed by atoms with Crippen molar-refractivity contribution in [2.24, 2.45) is 16.1 Å². The summed E-state index contributed by atoms with van der Waals surface area (Å²) < 4.78 is 5.23. The highest BCUT2D eigenvalue weighted by molar-refractivity contribution is 5.92. The van der Waals surface area contributed by atoms with Crippen molar-refractivity contribution in [3.63, 3.8) is 0 Å². The molecule has 0 saturated heterocycles. The zero-order chi connectivity index (χ0) is 17.4. The number of benzene rings is 1. The number of carbonyl (C=O) groups is 1. The first-order chi connectivity index (χ1) is 11.6. The van der Waals surface area contributed by atoms with Gasteiger partial charge in [-0.15, -0.1) is 0 Å². The maximum absolute atomic E-state index is 11.2. The van der Waals surface area contributed by atoms with Gasteiger partial charge in [-0.25, -0.2) is 0 Å². The molecule has 0 bridgehead atoms. The monoisotopic (exact) mass is 332 g/mol. The molecule has 4 N–H and O–H groups in total. The van der Waals surface area contributed by atoms with Crippen LogP contribution in [0.1, 0.15) is 41.6 Å². The van der Waals surface area contributed by atoms with Gasteiger partial charge in [0, 0.05) is 39.4 Å². The van der Waals surface area contributed by atoms with E-state index in [2.05, 4.69) is 15.6 Å². The summed E-state index contributed by atoms with van der Waals surface area (Å²) in [5.41, 5.74) is 7.16. The number of hydrogen-bond donors (Lipinski definition) is 3. The minimum absolute atomic E-state index is 0.333. The first-order valence-electron chi connectivity index (χ1n) is 8.41. The van der Waals surface area contributed by atoms with Crippen LogP contribution >= 0.6 is 0 Å². The lowest BCUT2D eigenvalue weighted by molar-refractivity contribution is 0.0732. The van der Waals surface area contributed by atoms with E-state index in [-0.39, 0.29) is 0 Å². The van der Waals surface area contributed by atoms with E-state index < -0.39 is 5.91 Å². The highest BCUT2D eigenvalue weighted by atomic mass is 16.5. The number of nitrogens with zero attached hydrogens (tertiary/aromatic N) is 1. The number of rotatable bonds is 8. The van der Waals surface area contributed by atoms with Crippen LogP contribution in [0.15, 0.2) is 29.3 Å². The van der Waals surface area contributed by atoms with Crippen molar-refractivity contribution in [2.75, 3.05) is 27.3 Å². The number of hydrogen-bond acceptors (Lipinski definition) is 3. The van der Waals surface area contributed by atoms with Crippen LogP contribution < -0.4 is 16.4 Å². The van der Waals surface area contributed by atoms with Crippen molar-refractivity contribution in [3.8, 4) is 0 Å². The van der Waals surface area contributed by atoms with E-state index in [4.69, 9.17) is 10.5 Å². The Kier molecular flexibility index (Phi) is 6.61. The van der Waals surface area contributed by atoms with E-state index in [1.165, 1.54) is 19.3 Å². The number of primary amides is 1. The quantitative estimate of drug-likeness (QED) is 0.499.